The first-order valence-corrected chi connectivity index (χ1v) is 6.38. The number of hydrogen-bond donors (Lipinski definition) is 1. The van der Waals surface area contributed by atoms with E-state index in [1.54, 1.807) is 0 Å². The number of nitrogens with zero attached hydrogens (tertiary/aromatic N) is 1. The van der Waals surface area contributed by atoms with Crippen molar-refractivity contribution in [3.8, 4) is 0 Å². The Morgan fingerprint density at radius 1 is 1.29 bits per heavy atom. The Hall–Kier alpha value is -0.990. The minimum absolute atomic E-state index is 0.554. The number of pyridine rings is 1. The van der Waals surface area contributed by atoms with Gasteiger partial charge in [0.15, 0.2) is 0 Å². The predicted molar refractivity (Wildman–Crippen MR) is 72.9 cm³/mol. The summed E-state index contributed by atoms with van der Waals surface area (Å²) in [4.78, 5) is 4.60. The number of nitrogen functional groups attached to an aromatic ring is 1. The fourth-order valence-corrected chi connectivity index (χ4v) is 2.65. The lowest BCUT2D eigenvalue weighted by atomic mass is 10.1. The third kappa shape index (κ3) is 1.76. The molecule has 1 fully saturated rings. The van der Waals surface area contributed by atoms with Crippen LogP contribution in [-0.2, 0) is 0 Å². The summed E-state index contributed by atoms with van der Waals surface area (Å²) in [6.07, 6.45) is 2.38. The summed E-state index contributed by atoms with van der Waals surface area (Å²) in [5.74, 6) is 0.554. The van der Waals surface area contributed by atoms with Gasteiger partial charge >= 0.3 is 0 Å². The van der Waals surface area contributed by atoms with Gasteiger partial charge in [0.2, 0.25) is 0 Å². The van der Waals surface area contributed by atoms with Crippen LogP contribution in [0, 0.1) is 6.92 Å². The van der Waals surface area contributed by atoms with Crippen molar-refractivity contribution >= 4 is 39.8 Å². The van der Waals surface area contributed by atoms with Crippen LogP contribution in [0.3, 0.4) is 0 Å². The smallest absolute Gasteiger partial charge is 0.0927 e. The maximum Gasteiger partial charge on any atom is 0.0927 e. The maximum atomic E-state index is 6.27. The van der Waals surface area contributed by atoms with Gasteiger partial charge in [-0.15, -0.1) is 0 Å². The third-order valence-electron chi connectivity index (χ3n) is 3.20. The van der Waals surface area contributed by atoms with Crippen molar-refractivity contribution in [3.05, 3.63) is 33.4 Å². The van der Waals surface area contributed by atoms with E-state index in [9.17, 15) is 0 Å². The van der Waals surface area contributed by atoms with E-state index in [0.29, 0.717) is 21.7 Å². The molecule has 1 saturated carbocycles. The van der Waals surface area contributed by atoms with Gasteiger partial charge in [0.25, 0.3) is 0 Å². The average molecular weight is 267 g/mol. The molecule has 2 nitrogen and oxygen atoms in total. The van der Waals surface area contributed by atoms with E-state index in [-0.39, 0.29) is 0 Å². The molecule has 0 aliphatic heterocycles. The van der Waals surface area contributed by atoms with E-state index in [1.807, 2.05) is 19.1 Å². The standard InChI is InChI=1S/C13H12Cl2N2/c1-6-4-8(14)13-11(12(6)15)9(16)5-10(17-13)7-2-3-7/h4-5,7H,2-3H2,1H3,(H2,16,17). The van der Waals surface area contributed by atoms with Crippen LogP contribution in [0.2, 0.25) is 10.0 Å². The summed E-state index contributed by atoms with van der Waals surface area (Å²) in [5.41, 5.74) is 9.44. The number of benzene rings is 1. The SMILES string of the molecule is Cc1cc(Cl)c2nc(C3CC3)cc(N)c2c1Cl. The molecule has 0 spiro atoms. The zero-order chi connectivity index (χ0) is 12.2. The molecule has 2 aromatic rings. The summed E-state index contributed by atoms with van der Waals surface area (Å²) in [6, 6.07) is 3.77. The number of rotatable bonds is 1. The Morgan fingerprint density at radius 2 is 2.00 bits per heavy atom. The molecule has 0 bridgehead atoms. The number of fused-ring (bicyclic) bond motifs is 1. The number of anilines is 1. The minimum atomic E-state index is 0.554. The van der Waals surface area contributed by atoms with E-state index >= 15 is 0 Å². The van der Waals surface area contributed by atoms with Crippen LogP contribution < -0.4 is 5.73 Å². The molecule has 0 unspecified atom stereocenters. The fraction of sp³-hybridized carbons (Fsp3) is 0.308. The lowest BCUT2D eigenvalue weighted by Crippen LogP contribution is -1.96. The van der Waals surface area contributed by atoms with Crippen LogP contribution in [-0.4, -0.2) is 4.98 Å². The summed E-state index contributed by atoms with van der Waals surface area (Å²) >= 11 is 12.5. The van der Waals surface area contributed by atoms with Crippen LogP contribution in [0.15, 0.2) is 12.1 Å². The van der Waals surface area contributed by atoms with Crippen molar-refractivity contribution in [2.75, 3.05) is 5.73 Å². The molecule has 0 radical (unpaired) electrons. The lowest BCUT2D eigenvalue weighted by molar-refractivity contribution is 1.05. The highest BCUT2D eigenvalue weighted by atomic mass is 35.5. The second-order valence-electron chi connectivity index (χ2n) is 4.62. The van der Waals surface area contributed by atoms with E-state index in [4.69, 9.17) is 28.9 Å². The van der Waals surface area contributed by atoms with E-state index < -0.39 is 0 Å². The Morgan fingerprint density at radius 3 is 2.65 bits per heavy atom. The van der Waals surface area contributed by atoms with E-state index in [1.165, 1.54) is 12.8 Å². The van der Waals surface area contributed by atoms with E-state index in [0.717, 1.165) is 22.2 Å². The summed E-state index contributed by atoms with van der Waals surface area (Å²) in [7, 11) is 0. The highest BCUT2D eigenvalue weighted by Gasteiger charge is 2.26. The quantitative estimate of drug-likeness (QED) is 0.836. The topological polar surface area (TPSA) is 38.9 Å². The summed E-state index contributed by atoms with van der Waals surface area (Å²) < 4.78 is 0. The molecule has 0 atom stereocenters. The van der Waals surface area contributed by atoms with Crippen molar-refractivity contribution in [2.24, 2.45) is 0 Å². The first-order chi connectivity index (χ1) is 8.08. The summed E-state index contributed by atoms with van der Waals surface area (Å²) in [6.45, 7) is 1.92. The monoisotopic (exact) mass is 266 g/mol. The van der Waals surface area contributed by atoms with Gasteiger partial charge in [-0.25, -0.2) is 0 Å². The van der Waals surface area contributed by atoms with Crippen LogP contribution in [0.1, 0.15) is 30.0 Å². The first-order valence-electron chi connectivity index (χ1n) is 5.62. The molecule has 3 rings (SSSR count). The molecular formula is C13H12Cl2N2. The highest BCUT2D eigenvalue weighted by Crippen LogP contribution is 2.43. The van der Waals surface area contributed by atoms with Crippen LogP contribution in [0.25, 0.3) is 10.9 Å². The van der Waals surface area contributed by atoms with Gasteiger partial charge in [-0.2, -0.15) is 0 Å². The van der Waals surface area contributed by atoms with Gasteiger partial charge in [-0.1, -0.05) is 23.2 Å². The van der Waals surface area contributed by atoms with Gasteiger partial charge in [-0.3, -0.25) is 4.98 Å². The second-order valence-corrected chi connectivity index (χ2v) is 5.41. The van der Waals surface area contributed by atoms with Gasteiger partial charge in [-0.05, 0) is 37.5 Å². The summed E-state index contributed by atoms with van der Waals surface area (Å²) in [5, 5.41) is 2.05. The molecule has 1 aliphatic rings. The molecule has 17 heavy (non-hydrogen) atoms. The Balaban J connectivity index is 2.38. The molecule has 4 heteroatoms. The largest absolute Gasteiger partial charge is 0.398 e. The Bertz CT molecular complexity index is 619. The lowest BCUT2D eigenvalue weighted by Gasteiger charge is -2.10. The van der Waals surface area contributed by atoms with Crippen molar-refractivity contribution in [3.63, 3.8) is 0 Å². The number of aromatic nitrogens is 1. The number of hydrogen-bond acceptors (Lipinski definition) is 2. The van der Waals surface area contributed by atoms with E-state index in [2.05, 4.69) is 4.98 Å². The fourth-order valence-electron chi connectivity index (χ4n) is 2.10. The minimum Gasteiger partial charge on any atom is -0.398 e. The van der Waals surface area contributed by atoms with Crippen LogP contribution >= 0.6 is 23.2 Å². The van der Waals surface area contributed by atoms with Gasteiger partial charge in [0.05, 0.1) is 15.6 Å². The second kappa shape index (κ2) is 3.76. The first kappa shape index (κ1) is 11.1. The van der Waals surface area contributed by atoms with Crippen molar-refractivity contribution < 1.29 is 0 Å². The Labute approximate surface area is 110 Å². The molecule has 1 heterocycles. The van der Waals surface area contributed by atoms with Gasteiger partial charge in [0.1, 0.15) is 0 Å². The van der Waals surface area contributed by atoms with Crippen molar-refractivity contribution in [1.29, 1.82) is 0 Å². The van der Waals surface area contributed by atoms with Crippen LogP contribution in [0.4, 0.5) is 5.69 Å². The van der Waals surface area contributed by atoms with Gasteiger partial charge < -0.3 is 5.73 Å². The molecule has 0 saturated heterocycles. The van der Waals surface area contributed by atoms with Gasteiger partial charge in [0, 0.05) is 22.7 Å². The maximum absolute atomic E-state index is 6.27. The molecule has 2 N–H and O–H groups in total. The zero-order valence-corrected chi connectivity index (χ0v) is 10.9. The van der Waals surface area contributed by atoms with Crippen LogP contribution in [0.5, 0.6) is 0 Å². The number of nitrogens with two attached hydrogens (primary N) is 1. The van der Waals surface area contributed by atoms with Crippen molar-refractivity contribution in [1.82, 2.24) is 4.98 Å². The molecular weight excluding hydrogens is 255 g/mol. The molecule has 88 valence electrons. The van der Waals surface area contributed by atoms with Crippen molar-refractivity contribution in [2.45, 2.75) is 25.7 Å². The average Bonchev–Trinajstić information content (AvgIpc) is 3.09. The molecule has 1 aromatic heterocycles. The molecule has 1 aliphatic carbocycles. The third-order valence-corrected chi connectivity index (χ3v) is 3.98. The predicted octanol–water partition coefficient (Wildman–Crippen LogP) is 4.31. The Kier molecular flexibility index (Phi) is 2.46. The molecule has 0 amide bonds. The number of aryl methyl sites for hydroxylation is 1. The normalized spacial score (nSPS) is 15.5. The molecule has 1 aromatic carbocycles. The zero-order valence-electron chi connectivity index (χ0n) is 9.43. The number of halogens is 2. The highest BCUT2D eigenvalue weighted by molar-refractivity contribution is 6.41.